The van der Waals surface area contributed by atoms with E-state index < -0.39 is 17.7 Å². The zero-order valence-corrected chi connectivity index (χ0v) is 11.5. The number of ether oxygens (including phenoxy) is 1. The normalized spacial score (nSPS) is 11.3. The Morgan fingerprint density at radius 1 is 1.27 bits per heavy atom. The predicted molar refractivity (Wildman–Crippen MR) is 71.7 cm³/mol. The molecular formula is C15H12F3NO3. The molecule has 0 fully saturated rings. The van der Waals surface area contributed by atoms with E-state index >= 15 is 0 Å². The molecule has 0 atom stereocenters. The number of hydrogen-bond acceptors (Lipinski definition) is 3. The summed E-state index contributed by atoms with van der Waals surface area (Å²) in [6.45, 7) is 1.64. The Morgan fingerprint density at radius 3 is 2.55 bits per heavy atom. The average molecular weight is 311 g/mol. The highest BCUT2D eigenvalue weighted by Gasteiger charge is 2.30. The molecule has 1 aromatic carbocycles. The quantitative estimate of drug-likeness (QED) is 0.935. The minimum atomic E-state index is -4.46. The molecule has 0 aliphatic rings. The Labute approximate surface area is 124 Å². The molecule has 0 radical (unpaired) electrons. The minimum absolute atomic E-state index is 0.00686. The van der Waals surface area contributed by atoms with E-state index in [1.165, 1.54) is 6.07 Å². The second-order valence-electron chi connectivity index (χ2n) is 4.58. The molecule has 1 aromatic heterocycles. The van der Waals surface area contributed by atoms with E-state index in [4.69, 9.17) is 9.84 Å². The number of benzene rings is 1. The lowest BCUT2D eigenvalue weighted by atomic mass is 10.0. The number of alkyl halides is 3. The molecule has 4 nitrogen and oxygen atoms in total. The molecule has 0 spiro atoms. The number of nitrogens with zero attached hydrogens (tertiary/aromatic N) is 1. The maximum absolute atomic E-state index is 12.4. The number of aromatic carboxylic acids is 1. The number of pyridine rings is 1. The van der Waals surface area contributed by atoms with Gasteiger partial charge in [-0.15, -0.1) is 0 Å². The van der Waals surface area contributed by atoms with Gasteiger partial charge in [-0.3, -0.25) is 0 Å². The van der Waals surface area contributed by atoms with Crippen LogP contribution >= 0.6 is 0 Å². The van der Waals surface area contributed by atoms with Gasteiger partial charge in [0.1, 0.15) is 6.61 Å². The van der Waals surface area contributed by atoms with Gasteiger partial charge in [0.05, 0.1) is 11.1 Å². The Balaban J connectivity index is 2.16. The van der Waals surface area contributed by atoms with Crippen LogP contribution in [0, 0.1) is 6.92 Å². The number of aryl methyl sites for hydroxylation is 1. The van der Waals surface area contributed by atoms with Crippen molar-refractivity contribution in [3.8, 4) is 5.88 Å². The van der Waals surface area contributed by atoms with Crippen molar-refractivity contribution in [3.05, 3.63) is 58.8 Å². The van der Waals surface area contributed by atoms with E-state index in [0.29, 0.717) is 17.3 Å². The van der Waals surface area contributed by atoms with E-state index in [1.807, 2.05) is 0 Å². The van der Waals surface area contributed by atoms with Crippen molar-refractivity contribution in [3.63, 3.8) is 0 Å². The lowest BCUT2D eigenvalue weighted by Gasteiger charge is -2.11. The van der Waals surface area contributed by atoms with Gasteiger partial charge in [-0.2, -0.15) is 13.2 Å². The molecule has 2 rings (SSSR count). The Kier molecular flexibility index (Phi) is 4.35. The molecule has 0 bridgehead atoms. The molecule has 0 aliphatic carbocycles. The first kappa shape index (κ1) is 15.8. The summed E-state index contributed by atoms with van der Waals surface area (Å²) in [6.07, 6.45) is -3.79. The first-order chi connectivity index (χ1) is 10.3. The van der Waals surface area contributed by atoms with Gasteiger partial charge in [-0.25, -0.2) is 9.78 Å². The van der Waals surface area contributed by atoms with Gasteiger partial charge in [-0.05, 0) is 24.6 Å². The topological polar surface area (TPSA) is 59.4 Å². The number of carboxylic acid groups (broad SMARTS) is 1. The molecule has 1 heterocycles. The number of carbonyl (C=O) groups is 1. The standard InChI is InChI=1S/C15H12F3NO3/c1-9-3-2-4-11(14(20)21)12(9)8-22-13-6-5-10(7-19-13)15(16,17)18/h2-7H,8H2,1H3,(H,20,21). The highest BCUT2D eigenvalue weighted by atomic mass is 19.4. The van der Waals surface area contributed by atoms with Crippen molar-refractivity contribution in [2.75, 3.05) is 0 Å². The third-order valence-electron chi connectivity index (χ3n) is 3.07. The highest BCUT2D eigenvalue weighted by molar-refractivity contribution is 5.89. The van der Waals surface area contributed by atoms with Crippen LogP contribution in [0.1, 0.15) is 27.0 Å². The summed E-state index contributed by atoms with van der Waals surface area (Å²) in [5.74, 6) is -1.10. The lowest BCUT2D eigenvalue weighted by molar-refractivity contribution is -0.137. The third kappa shape index (κ3) is 3.55. The van der Waals surface area contributed by atoms with Gasteiger partial charge in [0.15, 0.2) is 0 Å². The fraction of sp³-hybridized carbons (Fsp3) is 0.200. The molecule has 22 heavy (non-hydrogen) atoms. The summed E-state index contributed by atoms with van der Waals surface area (Å²) >= 11 is 0. The summed E-state index contributed by atoms with van der Waals surface area (Å²) in [5.41, 5.74) is 0.386. The van der Waals surface area contributed by atoms with E-state index in [1.54, 1.807) is 19.1 Å². The SMILES string of the molecule is Cc1cccc(C(=O)O)c1COc1ccc(C(F)(F)F)cn1. The molecular weight excluding hydrogens is 299 g/mol. The van der Waals surface area contributed by atoms with Crippen LogP contribution in [0.15, 0.2) is 36.5 Å². The van der Waals surface area contributed by atoms with Gasteiger partial charge < -0.3 is 9.84 Å². The minimum Gasteiger partial charge on any atom is -0.478 e. The third-order valence-corrected chi connectivity index (χ3v) is 3.07. The molecule has 0 saturated carbocycles. The van der Waals surface area contributed by atoms with Crippen molar-refractivity contribution in [2.45, 2.75) is 19.7 Å². The predicted octanol–water partition coefficient (Wildman–Crippen LogP) is 3.69. The van der Waals surface area contributed by atoms with Crippen LogP contribution in [-0.4, -0.2) is 16.1 Å². The number of aromatic nitrogens is 1. The fourth-order valence-electron chi connectivity index (χ4n) is 1.87. The van der Waals surface area contributed by atoms with Gasteiger partial charge in [0.25, 0.3) is 0 Å². The van der Waals surface area contributed by atoms with Crippen molar-refractivity contribution in [2.24, 2.45) is 0 Å². The lowest BCUT2D eigenvalue weighted by Crippen LogP contribution is -2.09. The molecule has 0 unspecified atom stereocenters. The van der Waals surface area contributed by atoms with Gasteiger partial charge >= 0.3 is 12.1 Å². The summed E-state index contributed by atoms with van der Waals surface area (Å²) in [5, 5.41) is 9.12. The first-order valence-corrected chi connectivity index (χ1v) is 6.27. The number of rotatable bonds is 4. The van der Waals surface area contributed by atoms with Crippen molar-refractivity contribution in [1.29, 1.82) is 0 Å². The number of carboxylic acids is 1. The average Bonchev–Trinajstić information content (AvgIpc) is 2.45. The second-order valence-corrected chi connectivity index (χ2v) is 4.58. The molecule has 1 N–H and O–H groups in total. The van der Waals surface area contributed by atoms with Crippen molar-refractivity contribution >= 4 is 5.97 Å². The maximum atomic E-state index is 12.4. The highest BCUT2D eigenvalue weighted by Crippen LogP contribution is 2.29. The summed E-state index contributed by atoms with van der Waals surface area (Å²) < 4.78 is 42.5. The molecule has 7 heteroatoms. The van der Waals surface area contributed by atoms with Gasteiger partial charge in [-0.1, -0.05) is 12.1 Å². The van der Waals surface area contributed by atoms with Crippen LogP contribution in [-0.2, 0) is 12.8 Å². The van der Waals surface area contributed by atoms with Gasteiger partial charge in [0.2, 0.25) is 5.88 Å². The first-order valence-electron chi connectivity index (χ1n) is 6.27. The van der Waals surface area contributed by atoms with E-state index in [0.717, 1.165) is 12.1 Å². The van der Waals surface area contributed by atoms with Crippen molar-refractivity contribution in [1.82, 2.24) is 4.98 Å². The molecule has 0 amide bonds. The van der Waals surface area contributed by atoms with E-state index in [2.05, 4.69) is 4.98 Å². The van der Waals surface area contributed by atoms with Crippen LogP contribution in [0.4, 0.5) is 13.2 Å². The fourth-order valence-corrected chi connectivity index (χ4v) is 1.87. The zero-order chi connectivity index (χ0) is 16.3. The van der Waals surface area contributed by atoms with Crippen LogP contribution in [0.25, 0.3) is 0 Å². The van der Waals surface area contributed by atoms with E-state index in [9.17, 15) is 18.0 Å². The Hall–Kier alpha value is -2.57. The smallest absolute Gasteiger partial charge is 0.417 e. The maximum Gasteiger partial charge on any atom is 0.417 e. The zero-order valence-electron chi connectivity index (χ0n) is 11.5. The number of hydrogen-bond donors (Lipinski definition) is 1. The number of halogens is 3. The van der Waals surface area contributed by atoms with Crippen LogP contribution in [0.2, 0.25) is 0 Å². The van der Waals surface area contributed by atoms with Crippen LogP contribution in [0.5, 0.6) is 5.88 Å². The molecule has 0 saturated heterocycles. The van der Waals surface area contributed by atoms with Gasteiger partial charge in [0, 0.05) is 17.8 Å². The Bertz CT molecular complexity index is 681. The monoisotopic (exact) mass is 311 g/mol. The summed E-state index contributed by atoms with van der Waals surface area (Å²) in [6, 6.07) is 6.73. The van der Waals surface area contributed by atoms with Crippen molar-refractivity contribution < 1.29 is 27.8 Å². The molecule has 0 aliphatic heterocycles. The second kappa shape index (κ2) is 6.05. The summed E-state index contributed by atoms with van der Waals surface area (Å²) in [4.78, 5) is 14.7. The molecule has 116 valence electrons. The molecule has 2 aromatic rings. The largest absolute Gasteiger partial charge is 0.478 e. The van der Waals surface area contributed by atoms with E-state index in [-0.39, 0.29) is 18.1 Å². The Morgan fingerprint density at radius 2 is 2.00 bits per heavy atom. The van der Waals surface area contributed by atoms with Crippen LogP contribution < -0.4 is 4.74 Å². The summed E-state index contributed by atoms with van der Waals surface area (Å²) in [7, 11) is 0. The van der Waals surface area contributed by atoms with Crippen LogP contribution in [0.3, 0.4) is 0 Å².